The van der Waals surface area contributed by atoms with Crippen LogP contribution in [0.1, 0.15) is 12.1 Å². The zero-order valence-corrected chi connectivity index (χ0v) is 11.4. The van der Waals surface area contributed by atoms with Crippen molar-refractivity contribution in [1.29, 1.82) is 5.26 Å². The summed E-state index contributed by atoms with van der Waals surface area (Å²) in [7, 11) is 0. The molecule has 3 N–H and O–H groups in total. The van der Waals surface area contributed by atoms with Crippen LogP contribution in [0.2, 0.25) is 5.02 Å². The monoisotopic (exact) mass is 288 g/mol. The maximum atomic E-state index is 11.9. The molecule has 0 fully saturated rings. The Hall–Kier alpha value is -2.45. The number of carbonyl (C=O) groups excluding carboxylic acids is 1. The lowest BCUT2D eigenvalue weighted by atomic mass is 10.2. The Kier molecular flexibility index (Phi) is 4.28. The Bertz CT molecular complexity index is 672. The van der Waals surface area contributed by atoms with E-state index in [0.29, 0.717) is 28.6 Å². The van der Waals surface area contributed by atoms with Gasteiger partial charge in [-0.3, -0.25) is 4.79 Å². The molecule has 0 saturated heterocycles. The first-order valence-electron chi connectivity index (χ1n) is 6.00. The van der Waals surface area contributed by atoms with E-state index in [4.69, 9.17) is 22.6 Å². The standard InChI is InChI=1S/C14H13ClN4O/c15-10-3-4-12(17)13(8-10)18-14(20)5-7-19-6-1-2-11(19)9-16/h1-4,6,8H,5,7,17H2,(H,18,20). The summed E-state index contributed by atoms with van der Waals surface area (Å²) in [5.74, 6) is -0.184. The van der Waals surface area contributed by atoms with Crippen LogP contribution >= 0.6 is 11.6 Å². The number of nitrogen functional groups attached to an aromatic ring is 1. The molecule has 0 atom stereocenters. The minimum Gasteiger partial charge on any atom is -0.397 e. The number of halogens is 1. The molecule has 1 aromatic carbocycles. The van der Waals surface area contributed by atoms with Crippen LogP contribution in [0.5, 0.6) is 0 Å². The fourth-order valence-corrected chi connectivity index (χ4v) is 1.95. The van der Waals surface area contributed by atoms with Crippen LogP contribution in [0.4, 0.5) is 11.4 Å². The zero-order valence-electron chi connectivity index (χ0n) is 10.6. The Balaban J connectivity index is 1.96. The fraction of sp³-hybridized carbons (Fsp3) is 0.143. The lowest BCUT2D eigenvalue weighted by molar-refractivity contribution is -0.116. The normalized spacial score (nSPS) is 10.0. The van der Waals surface area contributed by atoms with Crippen molar-refractivity contribution < 1.29 is 4.79 Å². The van der Waals surface area contributed by atoms with E-state index < -0.39 is 0 Å². The van der Waals surface area contributed by atoms with Gasteiger partial charge in [0.2, 0.25) is 5.91 Å². The number of hydrogen-bond donors (Lipinski definition) is 2. The third-order valence-corrected chi connectivity index (χ3v) is 3.05. The van der Waals surface area contributed by atoms with Crippen LogP contribution in [-0.4, -0.2) is 10.5 Å². The molecule has 0 saturated carbocycles. The Labute approximate surface area is 121 Å². The third kappa shape index (κ3) is 3.31. The summed E-state index contributed by atoms with van der Waals surface area (Å²) in [6, 6.07) is 10.4. The fourth-order valence-electron chi connectivity index (χ4n) is 1.78. The van der Waals surface area contributed by atoms with E-state index in [9.17, 15) is 4.79 Å². The van der Waals surface area contributed by atoms with Gasteiger partial charge in [-0.15, -0.1) is 0 Å². The summed E-state index contributed by atoms with van der Waals surface area (Å²) in [5, 5.41) is 12.1. The molecule has 0 bridgehead atoms. The van der Waals surface area contributed by atoms with Gasteiger partial charge in [0.15, 0.2) is 0 Å². The molecule has 2 rings (SSSR count). The van der Waals surface area contributed by atoms with E-state index in [1.165, 1.54) is 0 Å². The maximum Gasteiger partial charge on any atom is 0.226 e. The predicted octanol–water partition coefficient (Wildman–Crippen LogP) is 2.62. The summed E-state index contributed by atoms with van der Waals surface area (Å²) in [4.78, 5) is 11.9. The van der Waals surface area contributed by atoms with E-state index >= 15 is 0 Å². The number of carbonyl (C=O) groups is 1. The Morgan fingerprint density at radius 1 is 1.45 bits per heavy atom. The van der Waals surface area contributed by atoms with Crippen LogP contribution in [-0.2, 0) is 11.3 Å². The molecular weight excluding hydrogens is 276 g/mol. The highest BCUT2D eigenvalue weighted by Gasteiger charge is 2.07. The van der Waals surface area contributed by atoms with Gasteiger partial charge in [-0.1, -0.05) is 11.6 Å². The summed E-state index contributed by atoms with van der Waals surface area (Å²) in [6.07, 6.45) is 2.01. The average molecular weight is 289 g/mol. The highest BCUT2D eigenvalue weighted by molar-refractivity contribution is 6.31. The molecule has 102 valence electrons. The van der Waals surface area contributed by atoms with Crippen LogP contribution in [0.25, 0.3) is 0 Å². The van der Waals surface area contributed by atoms with Crippen molar-refractivity contribution in [3.8, 4) is 6.07 Å². The van der Waals surface area contributed by atoms with Crippen molar-refractivity contribution in [2.24, 2.45) is 0 Å². The summed E-state index contributed by atoms with van der Waals surface area (Å²) in [5.41, 5.74) is 7.24. The van der Waals surface area contributed by atoms with Gasteiger partial charge in [-0.05, 0) is 30.3 Å². The van der Waals surface area contributed by atoms with Crippen molar-refractivity contribution >= 4 is 28.9 Å². The molecule has 1 aromatic heterocycles. The van der Waals surface area contributed by atoms with Crippen LogP contribution in [0, 0.1) is 11.3 Å². The molecule has 0 spiro atoms. The second-order valence-corrected chi connectivity index (χ2v) is 4.66. The van der Waals surface area contributed by atoms with Crippen LogP contribution in [0.15, 0.2) is 36.5 Å². The minimum absolute atomic E-state index is 0.184. The number of rotatable bonds is 4. The van der Waals surface area contributed by atoms with Gasteiger partial charge in [-0.25, -0.2) is 0 Å². The number of aryl methyl sites for hydroxylation is 1. The number of nitrogens with one attached hydrogen (secondary N) is 1. The molecule has 6 heteroatoms. The van der Waals surface area contributed by atoms with Gasteiger partial charge in [0.1, 0.15) is 11.8 Å². The average Bonchev–Trinajstić information content (AvgIpc) is 2.88. The summed E-state index contributed by atoms with van der Waals surface area (Å²) in [6.45, 7) is 0.433. The van der Waals surface area contributed by atoms with Gasteiger partial charge in [0.25, 0.3) is 0 Å². The molecular formula is C14H13ClN4O. The maximum absolute atomic E-state index is 11.9. The number of amides is 1. The van der Waals surface area contributed by atoms with Gasteiger partial charge in [0, 0.05) is 24.2 Å². The number of benzene rings is 1. The topological polar surface area (TPSA) is 83.8 Å². The highest BCUT2D eigenvalue weighted by Crippen LogP contribution is 2.23. The van der Waals surface area contributed by atoms with Gasteiger partial charge < -0.3 is 15.6 Å². The van der Waals surface area contributed by atoms with E-state index in [-0.39, 0.29) is 12.3 Å². The number of nitriles is 1. The van der Waals surface area contributed by atoms with Crippen molar-refractivity contribution in [2.75, 3.05) is 11.1 Å². The minimum atomic E-state index is -0.184. The highest BCUT2D eigenvalue weighted by atomic mass is 35.5. The molecule has 1 heterocycles. The third-order valence-electron chi connectivity index (χ3n) is 2.81. The number of nitrogens with zero attached hydrogens (tertiary/aromatic N) is 2. The quantitative estimate of drug-likeness (QED) is 0.848. The van der Waals surface area contributed by atoms with Gasteiger partial charge >= 0.3 is 0 Å². The van der Waals surface area contributed by atoms with Crippen LogP contribution in [0.3, 0.4) is 0 Å². The summed E-state index contributed by atoms with van der Waals surface area (Å²) >= 11 is 5.85. The second-order valence-electron chi connectivity index (χ2n) is 4.23. The number of nitrogens with two attached hydrogens (primary N) is 1. The molecule has 20 heavy (non-hydrogen) atoms. The Morgan fingerprint density at radius 2 is 2.25 bits per heavy atom. The van der Waals surface area contributed by atoms with Crippen molar-refractivity contribution in [1.82, 2.24) is 4.57 Å². The van der Waals surface area contributed by atoms with E-state index in [1.54, 1.807) is 41.1 Å². The lowest BCUT2D eigenvalue weighted by Crippen LogP contribution is -2.15. The zero-order chi connectivity index (χ0) is 14.5. The molecule has 5 nitrogen and oxygen atoms in total. The van der Waals surface area contributed by atoms with Crippen LogP contribution < -0.4 is 11.1 Å². The van der Waals surface area contributed by atoms with Crippen molar-refractivity contribution in [3.63, 3.8) is 0 Å². The molecule has 0 radical (unpaired) electrons. The molecule has 0 unspecified atom stereocenters. The van der Waals surface area contributed by atoms with E-state index in [0.717, 1.165) is 0 Å². The molecule has 0 aliphatic heterocycles. The Morgan fingerprint density at radius 3 is 3.00 bits per heavy atom. The number of hydrogen-bond acceptors (Lipinski definition) is 3. The van der Waals surface area contributed by atoms with Crippen molar-refractivity contribution in [2.45, 2.75) is 13.0 Å². The molecule has 1 amide bonds. The van der Waals surface area contributed by atoms with Gasteiger partial charge in [-0.2, -0.15) is 5.26 Å². The molecule has 2 aromatic rings. The van der Waals surface area contributed by atoms with E-state index in [1.807, 2.05) is 0 Å². The second kappa shape index (κ2) is 6.13. The lowest BCUT2D eigenvalue weighted by Gasteiger charge is -2.09. The largest absolute Gasteiger partial charge is 0.397 e. The smallest absolute Gasteiger partial charge is 0.226 e. The first kappa shape index (κ1) is 14.0. The molecule has 0 aliphatic rings. The summed E-state index contributed by atoms with van der Waals surface area (Å²) < 4.78 is 1.72. The van der Waals surface area contributed by atoms with Crippen molar-refractivity contribution in [3.05, 3.63) is 47.2 Å². The van der Waals surface area contributed by atoms with Gasteiger partial charge in [0.05, 0.1) is 11.4 Å². The predicted molar refractivity (Wildman–Crippen MR) is 78.3 cm³/mol. The molecule has 0 aliphatic carbocycles. The first-order valence-corrected chi connectivity index (χ1v) is 6.38. The van der Waals surface area contributed by atoms with E-state index in [2.05, 4.69) is 11.4 Å². The number of aromatic nitrogens is 1. The first-order chi connectivity index (χ1) is 9.60. The SMILES string of the molecule is N#Cc1cccn1CCC(=O)Nc1cc(Cl)ccc1N. The number of anilines is 2.